The number of nitrogens with zero attached hydrogens (tertiary/aromatic N) is 1. The van der Waals surface area contributed by atoms with Crippen LogP contribution in [0, 0.1) is 17.8 Å². The summed E-state index contributed by atoms with van der Waals surface area (Å²) in [4.78, 5) is 14.8. The van der Waals surface area contributed by atoms with E-state index >= 15 is 0 Å². The minimum absolute atomic E-state index is 0.0295. The summed E-state index contributed by atoms with van der Waals surface area (Å²) >= 11 is 0. The van der Waals surface area contributed by atoms with Gasteiger partial charge >= 0.3 is 6.03 Å². The predicted octanol–water partition coefficient (Wildman–Crippen LogP) is 3.38. The second-order valence-electron chi connectivity index (χ2n) is 8.45. The van der Waals surface area contributed by atoms with Gasteiger partial charge in [-0.05, 0) is 55.9 Å². The third-order valence-electron chi connectivity index (χ3n) is 6.65. The minimum Gasteiger partial charge on any atom is -0.335 e. The van der Waals surface area contributed by atoms with Gasteiger partial charge in [0.1, 0.15) is 0 Å². The van der Waals surface area contributed by atoms with Gasteiger partial charge < -0.3 is 10.6 Å². The number of hydrogen-bond acceptors (Lipinski definition) is 2. The van der Waals surface area contributed by atoms with Gasteiger partial charge in [0.05, 0.1) is 0 Å². The van der Waals surface area contributed by atoms with E-state index in [9.17, 15) is 4.79 Å². The zero-order valence-electron chi connectivity index (χ0n) is 15.3. The van der Waals surface area contributed by atoms with Crippen molar-refractivity contribution >= 4 is 6.03 Å². The fraction of sp³-hybridized carbons (Fsp3) is 0.667. The molecule has 1 heterocycles. The summed E-state index contributed by atoms with van der Waals surface area (Å²) in [6.07, 6.45) is 6.55. The molecule has 4 rings (SSSR count). The predicted molar refractivity (Wildman–Crippen MR) is 100 cm³/mol. The summed E-state index contributed by atoms with van der Waals surface area (Å²) in [5.41, 5.74) is 1.34. The van der Waals surface area contributed by atoms with Gasteiger partial charge in [-0.2, -0.15) is 0 Å². The largest absolute Gasteiger partial charge is 0.335 e. The Bertz CT molecular complexity index is 590. The highest BCUT2D eigenvalue weighted by atomic mass is 16.2. The van der Waals surface area contributed by atoms with Crippen LogP contribution in [0.25, 0.3) is 0 Å². The summed E-state index contributed by atoms with van der Waals surface area (Å²) in [5, 5.41) is 6.43. The SMILES string of the molecule is CC(NC(=O)NC1CCN(Cc2ccccc2)C1)C1CC2CCC1C2. The fourth-order valence-electron chi connectivity index (χ4n) is 5.38. The number of fused-ring (bicyclic) bond motifs is 2. The molecule has 3 aliphatic rings. The van der Waals surface area contributed by atoms with E-state index in [1.807, 2.05) is 0 Å². The van der Waals surface area contributed by atoms with Crippen LogP contribution < -0.4 is 10.6 Å². The lowest BCUT2D eigenvalue weighted by Gasteiger charge is -2.29. The number of hydrogen-bond donors (Lipinski definition) is 2. The number of likely N-dealkylation sites (tertiary alicyclic amines) is 1. The Kier molecular flexibility index (Phi) is 4.98. The normalized spacial score (nSPS) is 32.7. The maximum Gasteiger partial charge on any atom is 0.315 e. The Morgan fingerprint density at radius 2 is 2.04 bits per heavy atom. The molecule has 136 valence electrons. The molecular formula is C21H31N3O. The van der Waals surface area contributed by atoms with Crippen LogP contribution in [0.2, 0.25) is 0 Å². The lowest BCUT2D eigenvalue weighted by Crippen LogP contribution is -2.49. The van der Waals surface area contributed by atoms with Crippen LogP contribution in [0.15, 0.2) is 30.3 Å². The highest BCUT2D eigenvalue weighted by Crippen LogP contribution is 2.49. The number of benzene rings is 1. The van der Waals surface area contributed by atoms with Crippen LogP contribution >= 0.6 is 0 Å². The molecule has 5 unspecified atom stereocenters. The molecule has 2 bridgehead atoms. The first-order chi connectivity index (χ1) is 12.2. The first kappa shape index (κ1) is 16.9. The molecule has 5 atom stereocenters. The van der Waals surface area contributed by atoms with E-state index in [4.69, 9.17) is 0 Å². The van der Waals surface area contributed by atoms with E-state index in [0.717, 1.165) is 37.9 Å². The molecule has 2 N–H and O–H groups in total. The van der Waals surface area contributed by atoms with Crippen molar-refractivity contribution < 1.29 is 4.79 Å². The van der Waals surface area contributed by atoms with Crippen molar-refractivity contribution in [1.29, 1.82) is 0 Å². The van der Waals surface area contributed by atoms with Crippen molar-refractivity contribution in [3.8, 4) is 0 Å². The average Bonchev–Trinajstić information content (AvgIpc) is 3.33. The zero-order chi connectivity index (χ0) is 17.2. The van der Waals surface area contributed by atoms with Gasteiger partial charge in [0.2, 0.25) is 0 Å². The molecule has 0 radical (unpaired) electrons. The van der Waals surface area contributed by atoms with E-state index < -0.39 is 0 Å². The molecule has 0 spiro atoms. The molecule has 4 nitrogen and oxygen atoms in total. The van der Waals surface area contributed by atoms with Crippen LogP contribution in [-0.4, -0.2) is 36.1 Å². The summed E-state index contributed by atoms with van der Waals surface area (Å²) in [7, 11) is 0. The van der Waals surface area contributed by atoms with Crippen molar-refractivity contribution in [2.24, 2.45) is 17.8 Å². The highest BCUT2D eigenvalue weighted by Gasteiger charge is 2.42. The molecular weight excluding hydrogens is 310 g/mol. The number of rotatable bonds is 5. The molecule has 2 aliphatic carbocycles. The van der Waals surface area contributed by atoms with Crippen LogP contribution in [0.3, 0.4) is 0 Å². The van der Waals surface area contributed by atoms with Gasteiger partial charge in [0.15, 0.2) is 0 Å². The number of nitrogens with one attached hydrogen (secondary N) is 2. The summed E-state index contributed by atoms with van der Waals surface area (Å²) < 4.78 is 0. The standard InChI is InChI=1S/C21H31N3O/c1-15(20-12-17-7-8-18(20)11-17)22-21(25)23-19-9-10-24(14-19)13-16-5-3-2-4-6-16/h2-6,15,17-20H,7-14H2,1H3,(H2,22,23,25). The molecule has 25 heavy (non-hydrogen) atoms. The van der Waals surface area contributed by atoms with Crippen molar-refractivity contribution in [2.45, 2.75) is 57.7 Å². The van der Waals surface area contributed by atoms with Crippen LogP contribution in [0.1, 0.15) is 44.6 Å². The third-order valence-corrected chi connectivity index (χ3v) is 6.65. The number of carbonyl (C=O) groups is 1. The average molecular weight is 341 g/mol. The van der Waals surface area contributed by atoms with Crippen molar-refractivity contribution in [2.75, 3.05) is 13.1 Å². The van der Waals surface area contributed by atoms with Crippen LogP contribution in [-0.2, 0) is 6.54 Å². The molecule has 1 saturated heterocycles. The minimum atomic E-state index is 0.0295. The fourth-order valence-corrected chi connectivity index (χ4v) is 5.38. The zero-order valence-corrected chi connectivity index (χ0v) is 15.3. The van der Waals surface area contributed by atoms with E-state index in [-0.39, 0.29) is 12.1 Å². The molecule has 0 aromatic heterocycles. The van der Waals surface area contributed by atoms with Gasteiger partial charge in [-0.3, -0.25) is 4.90 Å². The summed E-state index contributed by atoms with van der Waals surface area (Å²) in [5.74, 6) is 2.49. The van der Waals surface area contributed by atoms with E-state index in [1.54, 1.807) is 0 Å². The number of urea groups is 1. The first-order valence-electron chi connectivity index (χ1n) is 10.0. The summed E-state index contributed by atoms with van der Waals surface area (Å²) in [6.45, 7) is 5.18. The smallest absolute Gasteiger partial charge is 0.315 e. The number of amides is 2. The molecule has 1 aromatic carbocycles. The molecule has 3 fully saturated rings. The van der Waals surface area contributed by atoms with Gasteiger partial charge in [-0.15, -0.1) is 0 Å². The van der Waals surface area contributed by atoms with Crippen LogP contribution in [0.5, 0.6) is 0 Å². The van der Waals surface area contributed by atoms with Crippen molar-refractivity contribution in [3.63, 3.8) is 0 Å². The van der Waals surface area contributed by atoms with E-state index in [2.05, 4.69) is 52.8 Å². The second-order valence-corrected chi connectivity index (χ2v) is 8.45. The summed E-state index contributed by atoms with van der Waals surface area (Å²) in [6, 6.07) is 11.2. The first-order valence-corrected chi connectivity index (χ1v) is 10.0. The lowest BCUT2D eigenvalue weighted by atomic mass is 9.84. The van der Waals surface area contributed by atoms with Crippen LogP contribution in [0.4, 0.5) is 4.79 Å². The molecule has 2 saturated carbocycles. The quantitative estimate of drug-likeness (QED) is 0.862. The monoisotopic (exact) mass is 341 g/mol. The molecule has 4 heteroatoms. The highest BCUT2D eigenvalue weighted by molar-refractivity contribution is 5.74. The van der Waals surface area contributed by atoms with Gasteiger partial charge in [0.25, 0.3) is 0 Å². The van der Waals surface area contributed by atoms with E-state index in [0.29, 0.717) is 12.0 Å². The lowest BCUT2D eigenvalue weighted by molar-refractivity contribution is 0.216. The Balaban J connectivity index is 1.21. The molecule has 1 aliphatic heterocycles. The van der Waals surface area contributed by atoms with Gasteiger partial charge in [0, 0.05) is 31.7 Å². The van der Waals surface area contributed by atoms with Crippen molar-refractivity contribution in [1.82, 2.24) is 15.5 Å². The Morgan fingerprint density at radius 1 is 1.20 bits per heavy atom. The Morgan fingerprint density at radius 3 is 2.76 bits per heavy atom. The van der Waals surface area contributed by atoms with Gasteiger partial charge in [-0.25, -0.2) is 4.79 Å². The molecule has 1 aromatic rings. The van der Waals surface area contributed by atoms with Crippen molar-refractivity contribution in [3.05, 3.63) is 35.9 Å². The third kappa shape index (κ3) is 4.00. The topological polar surface area (TPSA) is 44.4 Å². The maximum absolute atomic E-state index is 12.4. The second kappa shape index (κ2) is 7.36. The van der Waals surface area contributed by atoms with Gasteiger partial charge in [-0.1, -0.05) is 36.8 Å². The Hall–Kier alpha value is -1.55. The Labute approximate surface area is 151 Å². The number of carbonyl (C=O) groups excluding carboxylic acids is 1. The maximum atomic E-state index is 12.4. The molecule has 2 amide bonds. The van der Waals surface area contributed by atoms with E-state index in [1.165, 1.54) is 31.2 Å².